The van der Waals surface area contributed by atoms with Gasteiger partial charge in [-0.05, 0) is 106 Å². The van der Waals surface area contributed by atoms with Crippen molar-refractivity contribution in [2.24, 2.45) is 25.0 Å². The summed E-state index contributed by atoms with van der Waals surface area (Å²) in [5, 5.41) is 0. The number of halogens is 9. The Morgan fingerprint density at radius 3 is 1.30 bits per heavy atom. The number of rotatable bonds is 10. The molecule has 0 radical (unpaired) electrons. The highest BCUT2D eigenvalue weighted by atomic mass is 79.9. The smallest absolute Gasteiger partial charge is 0.339 e. The average molecular weight is 1180 g/mol. The van der Waals surface area contributed by atoms with Gasteiger partial charge >= 0.3 is 29.8 Å². The van der Waals surface area contributed by atoms with Crippen molar-refractivity contribution in [1.82, 2.24) is 0 Å². The molecule has 0 atom stereocenters. The third kappa shape index (κ3) is 19.1. The van der Waals surface area contributed by atoms with Crippen molar-refractivity contribution in [3.8, 4) is 0 Å². The van der Waals surface area contributed by atoms with E-state index in [2.05, 4.69) is 119 Å². The van der Waals surface area contributed by atoms with Gasteiger partial charge in [0.15, 0.2) is 11.9 Å². The molecule has 0 bridgehead atoms. The van der Waals surface area contributed by atoms with Crippen LogP contribution in [0.3, 0.4) is 0 Å². The van der Waals surface area contributed by atoms with Crippen LogP contribution in [0.4, 0.5) is 17.6 Å². The number of ether oxygens (including phenoxy) is 5. The van der Waals surface area contributed by atoms with E-state index < -0.39 is 48.6 Å². The molecule has 0 amide bonds. The van der Waals surface area contributed by atoms with E-state index in [0.717, 1.165) is 22.8 Å². The predicted molar refractivity (Wildman–Crippen MR) is 233 cm³/mol. The molecule has 5 heterocycles. The Bertz CT molecular complexity index is 1940. The third-order valence-electron chi connectivity index (χ3n) is 6.73. The summed E-state index contributed by atoms with van der Waals surface area (Å²) in [4.78, 5) is 72.8. The second-order valence-electron chi connectivity index (χ2n) is 11.7. The second-order valence-corrected chi connectivity index (χ2v) is 15.8. The lowest BCUT2D eigenvalue weighted by atomic mass is 10.2. The van der Waals surface area contributed by atoms with E-state index >= 15 is 0 Å². The van der Waals surface area contributed by atoms with Crippen molar-refractivity contribution in [2.45, 2.75) is 78.7 Å². The fourth-order valence-electron chi connectivity index (χ4n) is 4.00. The monoisotopic (exact) mass is 1170 g/mol. The van der Waals surface area contributed by atoms with Crippen molar-refractivity contribution in [2.75, 3.05) is 27.4 Å². The van der Waals surface area contributed by atoms with Gasteiger partial charge in [-0.25, -0.2) is 34.0 Å². The number of esters is 5. The van der Waals surface area contributed by atoms with Gasteiger partial charge in [-0.1, -0.05) is 13.8 Å². The van der Waals surface area contributed by atoms with E-state index in [1.165, 1.54) is 7.11 Å². The summed E-state index contributed by atoms with van der Waals surface area (Å²) in [5.41, 5.74) is 1.05. The van der Waals surface area contributed by atoms with Gasteiger partial charge < -0.3 is 23.7 Å². The van der Waals surface area contributed by atoms with E-state index in [9.17, 15) is 41.5 Å². The van der Waals surface area contributed by atoms with Gasteiger partial charge in [-0.2, -0.15) is 27.5 Å². The molecular formula is C36H38Br5F4N5O10. The first-order valence-electron chi connectivity index (χ1n) is 17.3. The Kier molecular flexibility index (Phi) is 25.6. The summed E-state index contributed by atoms with van der Waals surface area (Å²) < 4.78 is 76.1. The molecule has 15 nitrogen and oxygen atoms in total. The Morgan fingerprint density at radius 2 is 0.983 bits per heavy atom. The van der Waals surface area contributed by atoms with E-state index in [4.69, 9.17) is 9.47 Å². The minimum absolute atomic E-state index is 0.0975. The third-order valence-corrected chi connectivity index (χ3v) is 9.64. The number of aliphatic imine (C=N–C) groups is 5. The predicted octanol–water partition coefficient (Wildman–Crippen LogP) is 9.73. The van der Waals surface area contributed by atoms with Crippen LogP contribution in [0.15, 0.2) is 78.5 Å². The molecule has 0 unspecified atom stereocenters. The van der Waals surface area contributed by atoms with Crippen LogP contribution in [0.2, 0.25) is 0 Å². The maximum atomic E-state index is 12.7. The van der Waals surface area contributed by atoms with Gasteiger partial charge in [-0.3, -0.25) is 4.99 Å². The molecule has 0 spiro atoms. The second kappa shape index (κ2) is 28.2. The SMILES string of the molecule is CC(C)OC(=O)C1=C(Br)N=C(Br)C1.CCCOC(=O)C1=C(Br)N=CC1.CCCOC(=O)C1=C(F)N=C(F)C1.COC(=O)C1=C(Br)N=C(Br)C1.COC(=O)C1=C(F)N=C(F)C1. The van der Waals surface area contributed by atoms with Crippen molar-refractivity contribution in [3.63, 3.8) is 0 Å². The zero-order valence-corrected chi connectivity index (χ0v) is 40.7. The quantitative estimate of drug-likeness (QED) is 0.0880. The number of hydrogen-bond donors (Lipinski definition) is 0. The molecule has 5 rings (SSSR count). The molecule has 0 aromatic carbocycles. The van der Waals surface area contributed by atoms with Gasteiger partial charge in [0.1, 0.15) is 25.0 Å². The first kappa shape index (κ1) is 54.5. The largest absolute Gasteiger partial charge is 0.466 e. The molecule has 5 aliphatic heterocycles. The fraction of sp³-hybridized carbons (Fsp3) is 0.444. The summed E-state index contributed by atoms with van der Waals surface area (Å²) in [7, 11) is 2.45. The minimum atomic E-state index is -1.09. The molecule has 0 saturated heterocycles. The zero-order valence-electron chi connectivity index (χ0n) is 32.7. The van der Waals surface area contributed by atoms with Crippen LogP contribution in [-0.4, -0.2) is 90.8 Å². The lowest BCUT2D eigenvalue weighted by Crippen LogP contribution is -2.13. The van der Waals surface area contributed by atoms with E-state index in [1.807, 2.05) is 27.7 Å². The normalized spacial score (nSPS) is 16.3. The molecule has 0 N–H and O–H groups in total. The first-order chi connectivity index (χ1) is 28.2. The van der Waals surface area contributed by atoms with Crippen LogP contribution in [0.1, 0.15) is 72.6 Å². The summed E-state index contributed by atoms with van der Waals surface area (Å²) in [6.45, 7) is 8.08. The topological polar surface area (TPSA) is 193 Å². The first-order valence-corrected chi connectivity index (χ1v) is 21.3. The Hall–Kier alpha value is -3.48. The number of methoxy groups -OCH3 is 2. The van der Waals surface area contributed by atoms with E-state index in [-0.39, 0.29) is 41.8 Å². The number of nitrogens with zero attached hydrogens (tertiary/aromatic N) is 5. The lowest BCUT2D eigenvalue weighted by Gasteiger charge is -2.07. The maximum Gasteiger partial charge on any atom is 0.339 e. The summed E-state index contributed by atoms with van der Waals surface area (Å²) in [6, 6.07) is 0. The molecular weight excluding hydrogens is 1140 g/mol. The highest BCUT2D eigenvalue weighted by Gasteiger charge is 2.27. The number of carbonyl (C=O) groups excluding carboxylic acids is 5. The summed E-state index contributed by atoms with van der Waals surface area (Å²) >= 11 is 15.9. The fourth-order valence-corrected chi connectivity index (χ4v) is 6.89. The Morgan fingerprint density at radius 1 is 0.583 bits per heavy atom. The molecule has 5 aliphatic rings. The molecule has 0 fully saturated rings. The van der Waals surface area contributed by atoms with E-state index in [1.54, 1.807) is 6.21 Å². The van der Waals surface area contributed by atoms with Crippen LogP contribution < -0.4 is 0 Å². The minimum Gasteiger partial charge on any atom is -0.466 e. The van der Waals surface area contributed by atoms with Gasteiger partial charge in [0.05, 0.1) is 72.3 Å². The molecule has 60 heavy (non-hydrogen) atoms. The van der Waals surface area contributed by atoms with Crippen LogP contribution in [0.5, 0.6) is 0 Å². The van der Waals surface area contributed by atoms with Gasteiger partial charge in [0.2, 0.25) is 11.9 Å². The Balaban J connectivity index is 0.000000376. The molecule has 330 valence electrons. The van der Waals surface area contributed by atoms with Crippen molar-refractivity contribution in [3.05, 3.63) is 53.6 Å². The molecule has 0 aromatic rings. The maximum absolute atomic E-state index is 12.7. The van der Waals surface area contributed by atoms with Crippen LogP contribution >= 0.6 is 79.6 Å². The van der Waals surface area contributed by atoms with Crippen molar-refractivity contribution in [1.29, 1.82) is 0 Å². The highest BCUT2D eigenvalue weighted by molar-refractivity contribution is 9.18. The van der Waals surface area contributed by atoms with E-state index in [0.29, 0.717) is 62.8 Å². The van der Waals surface area contributed by atoms with Gasteiger partial charge in [-0.15, -0.1) is 0 Å². The zero-order chi connectivity index (χ0) is 45.7. The van der Waals surface area contributed by atoms with Gasteiger partial charge in [0, 0.05) is 25.5 Å². The van der Waals surface area contributed by atoms with Crippen molar-refractivity contribution >= 4 is 137 Å². The van der Waals surface area contributed by atoms with Crippen molar-refractivity contribution < 1.29 is 65.2 Å². The Labute approximate surface area is 384 Å². The number of carbonyl (C=O) groups is 5. The van der Waals surface area contributed by atoms with Crippen LogP contribution in [0.25, 0.3) is 0 Å². The van der Waals surface area contributed by atoms with Crippen LogP contribution in [0, 0.1) is 0 Å². The summed E-state index contributed by atoms with van der Waals surface area (Å²) in [5.74, 6) is -6.55. The standard InChI is InChI=1S/C8H9Br2NO2.C8H10BrNO2.C8H9F2NO2.C6H5Br2NO2.C6H5F2NO2/c1-4(2)13-8(12)5-3-6(9)11-7(5)10;1-2-5-12-8(11)6-3-4-10-7(6)9;1-2-3-13-8(12)5-4-6(9)11-7(5)10;2*1-11-6(10)3-2-4(7)9-5(3)8/h4H,3H2,1-2H3;4H,2-3,5H2,1H3;2-4H2,1H3;2*2H2,1H3. The van der Waals surface area contributed by atoms with Gasteiger partial charge in [0.25, 0.3) is 0 Å². The molecule has 0 aliphatic carbocycles. The molecule has 24 heteroatoms. The highest BCUT2D eigenvalue weighted by Crippen LogP contribution is 2.29. The summed E-state index contributed by atoms with van der Waals surface area (Å²) in [6.07, 6.45) is 3.86. The lowest BCUT2D eigenvalue weighted by molar-refractivity contribution is -0.143. The average Bonchev–Trinajstić information content (AvgIpc) is 4.01. The van der Waals surface area contributed by atoms with Crippen LogP contribution in [-0.2, 0) is 47.7 Å². The molecule has 0 saturated carbocycles. The molecule has 0 aromatic heterocycles. The number of hydrogen-bond acceptors (Lipinski definition) is 15.